The van der Waals surface area contributed by atoms with Gasteiger partial charge in [0.25, 0.3) is 5.91 Å². The third-order valence-electron chi connectivity index (χ3n) is 4.92. The molecule has 0 aromatic heterocycles. The fraction of sp³-hybridized carbons (Fsp3) is 0.0833. The maximum Gasteiger partial charge on any atom is 0.282 e. The molecule has 30 heavy (non-hydrogen) atoms. The van der Waals surface area contributed by atoms with E-state index in [0.29, 0.717) is 28.8 Å². The van der Waals surface area contributed by atoms with Crippen LogP contribution in [0.1, 0.15) is 11.1 Å². The zero-order chi connectivity index (χ0) is 20.5. The number of nitrogens with zero attached hydrogens (tertiary/aromatic N) is 2. The highest BCUT2D eigenvalue weighted by Gasteiger charge is 2.33. The van der Waals surface area contributed by atoms with Crippen molar-refractivity contribution in [1.29, 1.82) is 0 Å². The Labute approximate surface area is 173 Å². The predicted molar refractivity (Wildman–Crippen MR) is 114 cm³/mol. The Morgan fingerprint density at radius 1 is 0.967 bits per heavy atom. The predicted octanol–water partition coefficient (Wildman–Crippen LogP) is 4.26. The minimum Gasteiger partial charge on any atom is -0.496 e. The van der Waals surface area contributed by atoms with Crippen LogP contribution in [-0.2, 0) is 4.79 Å². The van der Waals surface area contributed by atoms with Crippen LogP contribution in [0.4, 0.5) is 5.69 Å². The van der Waals surface area contributed by atoms with Crippen molar-refractivity contribution in [3.05, 3.63) is 89.6 Å². The highest BCUT2D eigenvalue weighted by Crippen LogP contribution is 2.35. The molecule has 5 rings (SSSR count). The lowest BCUT2D eigenvalue weighted by Gasteiger charge is -2.19. The molecule has 0 saturated carbocycles. The molecule has 148 valence electrons. The summed E-state index contributed by atoms with van der Waals surface area (Å²) in [7, 11) is 1.60. The number of hydrogen-bond donors (Lipinski definition) is 0. The standard InChI is InChI=1S/C24H18N2O4/c1-28-20-10-6-5-9-18(20)23-25-19(24(27)26(23)17-7-3-2-4-8-17)13-16-11-12-21-22(14-16)30-15-29-21/h2-14H,15H2,1H3/b19-13+. The van der Waals surface area contributed by atoms with Crippen LogP contribution in [0.3, 0.4) is 0 Å². The summed E-state index contributed by atoms with van der Waals surface area (Å²) in [5, 5.41) is 0. The van der Waals surface area contributed by atoms with E-state index >= 15 is 0 Å². The topological polar surface area (TPSA) is 60.4 Å². The number of aliphatic imine (C=N–C) groups is 1. The molecule has 6 heteroatoms. The van der Waals surface area contributed by atoms with E-state index in [4.69, 9.17) is 19.2 Å². The summed E-state index contributed by atoms with van der Waals surface area (Å²) in [5.74, 6) is 2.31. The smallest absolute Gasteiger partial charge is 0.282 e. The molecule has 0 N–H and O–H groups in total. The van der Waals surface area contributed by atoms with Crippen LogP contribution in [0.15, 0.2) is 83.5 Å². The molecule has 2 aliphatic heterocycles. The van der Waals surface area contributed by atoms with Crippen molar-refractivity contribution in [1.82, 2.24) is 0 Å². The normalized spacial score (nSPS) is 16.2. The summed E-state index contributed by atoms with van der Waals surface area (Å²) in [5.41, 5.74) is 2.62. The second-order valence-corrected chi connectivity index (χ2v) is 6.75. The number of rotatable bonds is 4. The van der Waals surface area contributed by atoms with Crippen molar-refractivity contribution in [2.24, 2.45) is 4.99 Å². The van der Waals surface area contributed by atoms with Gasteiger partial charge in [-0.1, -0.05) is 36.4 Å². The zero-order valence-electron chi connectivity index (χ0n) is 16.2. The van der Waals surface area contributed by atoms with Crippen LogP contribution >= 0.6 is 0 Å². The number of carbonyl (C=O) groups is 1. The van der Waals surface area contributed by atoms with Gasteiger partial charge in [-0.05, 0) is 48.0 Å². The number of benzene rings is 3. The van der Waals surface area contributed by atoms with Crippen molar-refractivity contribution in [2.45, 2.75) is 0 Å². The quantitative estimate of drug-likeness (QED) is 0.616. The first-order valence-corrected chi connectivity index (χ1v) is 9.47. The summed E-state index contributed by atoms with van der Waals surface area (Å²) in [6, 6.07) is 22.5. The average molecular weight is 398 g/mol. The third-order valence-corrected chi connectivity index (χ3v) is 4.92. The van der Waals surface area contributed by atoms with E-state index in [1.54, 1.807) is 18.1 Å². The zero-order valence-corrected chi connectivity index (χ0v) is 16.2. The number of hydrogen-bond acceptors (Lipinski definition) is 5. The summed E-state index contributed by atoms with van der Waals surface area (Å²) < 4.78 is 16.3. The third kappa shape index (κ3) is 3.08. The first kappa shape index (κ1) is 18.0. The highest BCUT2D eigenvalue weighted by atomic mass is 16.7. The molecule has 2 heterocycles. The molecular formula is C24H18N2O4. The second-order valence-electron chi connectivity index (χ2n) is 6.75. The molecule has 2 aliphatic rings. The Hall–Kier alpha value is -4.06. The van der Waals surface area contributed by atoms with Gasteiger partial charge in [-0.3, -0.25) is 9.69 Å². The minimum atomic E-state index is -0.209. The SMILES string of the molecule is COc1ccccc1C1=N/C(=C/c2ccc3c(c2)OCO3)C(=O)N1c1ccccc1. The van der Waals surface area contributed by atoms with E-state index in [2.05, 4.69) is 0 Å². The lowest BCUT2D eigenvalue weighted by Crippen LogP contribution is -2.32. The van der Waals surface area contributed by atoms with Gasteiger partial charge >= 0.3 is 0 Å². The number of methoxy groups -OCH3 is 1. The largest absolute Gasteiger partial charge is 0.496 e. The Balaban J connectivity index is 1.62. The van der Waals surface area contributed by atoms with Gasteiger partial charge in [0.2, 0.25) is 6.79 Å². The molecule has 0 spiro atoms. The van der Waals surface area contributed by atoms with Crippen molar-refractivity contribution < 1.29 is 19.0 Å². The Kier molecular flexibility index (Phi) is 4.44. The number of amides is 1. The number of amidine groups is 1. The number of anilines is 1. The fourth-order valence-corrected chi connectivity index (χ4v) is 3.50. The lowest BCUT2D eigenvalue weighted by molar-refractivity contribution is -0.113. The first-order valence-electron chi connectivity index (χ1n) is 9.47. The summed E-state index contributed by atoms with van der Waals surface area (Å²) >= 11 is 0. The van der Waals surface area contributed by atoms with Crippen LogP contribution in [0.25, 0.3) is 6.08 Å². The van der Waals surface area contributed by atoms with Crippen molar-refractivity contribution in [2.75, 3.05) is 18.8 Å². The lowest BCUT2D eigenvalue weighted by atomic mass is 10.1. The van der Waals surface area contributed by atoms with E-state index < -0.39 is 0 Å². The second kappa shape index (κ2) is 7.40. The van der Waals surface area contributed by atoms with Gasteiger partial charge in [0, 0.05) is 0 Å². The van der Waals surface area contributed by atoms with Gasteiger partial charge in [-0.25, -0.2) is 4.99 Å². The van der Waals surface area contributed by atoms with Gasteiger partial charge in [0.1, 0.15) is 11.4 Å². The van der Waals surface area contributed by atoms with Crippen molar-refractivity contribution in [3.63, 3.8) is 0 Å². The van der Waals surface area contributed by atoms with Crippen LogP contribution in [-0.4, -0.2) is 25.6 Å². The average Bonchev–Trinajstić information content (AvgIpc) is 3.38. The first-order chi connectivity index (χ1) is 14.7. The monoisotopic (exact) mass is 398 g/mol. The molecule has 6 nitrogen and oxygen atoms in total. The van der Waals surface area contributed by atoms with Gasteiger partial charge < -0.3 is 14.2 Å². The molecule has 0 radical (unpaired) electrons. The molecule has 0 saturated heterocycles. The van der Waals surface area contributed by atoms with Gasteiger partial charge in [-0.15, -0.1) is 0 Å². The molecular weight excluding hydrogens is 380 g/mol. The van der Waals surface area contributed by atoms with E-state index in [9.17, 15) is 4.79 Å². The minimum absolute atomic E-state index is 0.201. The van der Waals surface area contributed by atoms with Crippen LogP contribution < -0.4 is 19.1 Å². The molecule has 0 unspecified atom stereocenters. The van der Waals surface area contributed by atoms with E-state index in [0.717, 1.165) is 16.8 Å². The van der Waals surface area contributed by atoms with Crippen LogP contribution in [0, 0.1) is 0 Å². The van der Waals surface area contributed by atoms with Crippen molar-refractivity contribution in [3.8, 4) is 17.2 Å². The Morgan fingerprint density at radius 2 is 1.73 bits per heavy atom. The number of carbonyl (C=O) groups excluding carboxylic acids is 1. The summed E-state index contributed by atoms with van der Waals surface area (Å²) in [6.07, 6.45) is 1.75. The van der Waals surface area contributed by atoms with Gasteiger partial charge in [0.05, 0.1) is 18.4 Å². The number of fused-ring (bicyclic) bond motifs is 1. The fourth-order valence-electron chi connectivity index (χ4n) is 3.50. The molecule has 1 amide bonds. The molecule has 0 bridgehead atoms. The summed E-state index contributed by atoms with van der Waals surface area (Å²) in [4.78, 5) is 19.7. The molecule has 3 aromatic carbocycles. The van der Waals surface area contributed by atoms with Crippen LogP contribution in [0.2, 0.25) is 0 Å². The van der Waals surface area contributed by atoms with E-state index in [-0.39, 0.29) is 12.7 Å². The van der Waals surface area contributed by atoms with Crippen molar-refractivity contribution >= 4 is 23.5 Å². The number of para-hydroxylation sites is 2. The Morgan fingerprint density at radius 3 is 2.57 bits per heavy atom. The number of ether oxygens (including phenoxy) is 3. The highest BCUT2D eigenvalue weighted by molar-refractivity contribution is 6.33. The maximum atomic E-state index is 13.4. The van der Waals surface area contributed by atoms with Gasteiger partial charge in [-0.2, -0.15) is 0 Å². The van der Waals surface area contributed by atoms with Gasteiger partial charge in [0.15, 0.2) is 17.3 Å². The Bertz CT molecular complexity index is 1180. The molecule has 0 aliphatic carbocycles. The molecule has 3 aromatic rings. The van der Waals surface area contributed by atoms with E-state index in [1.165, 1.54) is 0 Å². The maximum absolute atomic E-state index is 13.4. The van der Waals surface area contributed by atoms with E-state index in [1.807, 2.05) is 72.8 Å². The van der Waals surface area contributed by atoms with Crippen LogP contribution in [0.5, 0.6) is 17.2 Å². The molecule has 0 fully saturated rings. The molecule has 0 atom stereocenters. The summed E-state index contributed by atoms with van der Waals surface area (Å²) in [6.45, 7) is 0.201.